The van der Waals surface area contributed by atoms with Gasteiger partial charge in [0, 0.05) is 13.2 Å². The van der Waals surface area contributed by atoms with Crippen LogP contribution in [0.2, 0.25) is 0 Å². The molecule has 0 aliphatic rings. The SMILES string of the molecule is CCCCCCCCC(C(C)(C)C)C(C)(C)CCCOCC(O)CNC=C(C)C. The predicted octanol–water partition coefficient (Wildman–Crippen LogP) is 7.10. The van der Waals surface area contributed by atoms with Crippen molar-refractivity contribution in [3.63, 3.8) is 0 Å². The first kappa shape index (κ1) is 28.5. The van der Waals surface area contributed by atoms with Gasteiger partial charge in [-0.25, -0.2) is 0 Å². The van der Waals surface area contributed by atoms with Gasteiger partial charge >= 0.3 is 0 Å². The molecule has 0 aromatic rings. The van der Waals surface area contributed by atoms with E-state index < -0.39 is 6.10 Å². The Balaban J connectivity index is 4.24. The number of aliphatic hydroxyl groups is 1. The monoisotopic (exact) mass is 411 g/mol. The van der Waals surface area contributed by atoms with Crippen LogP contribution < -0.4 is 5.32 Å². The Morgan fingerprint density at radius 2 is 1.59 bits per heavy atom. The Bertz CT molecular complexity index is 419. The van der Waals surface area contributed by atoms with Crippen molar-refractivity contribution < 1.29 is 9.84 Å². The molecule has 3 nitrogen and oxygen atoms in total. The van der Waals surface area contributed by atoms with E-state index in [1.165, 1.54) is 56.9 Å². The van der Waals surface area contributed by atoms with Gasteiger partial charge in [-0.2, -0.15) is 0 Å². The van der Waals surface area contributed by atoms with Crippen molar-refractivity contribution in [3.05, 3.63) is 11.8 Å². The molecule has 0 spiro atoms. The van der Waals surface area contributed by atoms with Gasteiger partial charge in [-0.05, 0) is 56.1 Å². The minimum atomic E-state index is -0.450. The number of unbranched alkanes of at least 4 members (excludes halogenated alkanes) is 5. The molecule has 0 fully saturated rings. The maximum absolute atomic E-state index is 9.97. The zero-order chi connectivity index (χ0) is 22.3. The lowest BCUT2D eigenvalue weighted by atomic mass is 9.62. The summed E-state index contributed by atoms with van der Waals surface area (Å²) in [6.45, 7) is 20.1. The van der Waals surface area contributed by atoms with Gasteiger partial charge in [0.05, 0.1) is 12.7 Å². The molecule has 3 heteroatoms. The second-order valence-corrected chi connectivity index (χ2v) is 10.9. The number of hydrogen-bond donors (Lipinski definition) is 2. The van der Waals surface area contributed by atoms with Crippen LogP contribution >= 0.6 is 0 Å². The third-order valence-corrected chi connectivity index (χ3v) is 6.00. The molecule has 29 heavy (non-hydrogen) atoms. The zero-order valence-electron chi connectivity index (χ0n) is 21.1. The lowest BCUT2D eigenvalue weighted by Crippen LogP contribution is -2.35. The van der Waals surface area contributed by atoms with E-state index in [2.05, 4.69) is 46.9 Å². The molecule has 2 atom stereocenters. The molecule has 0 heterocycles. The Morgan fingerprint density at radius 3 is 2.17 bits per heavy atom. The predicted molar refractivity (Wildman–Crippen MR) is 128 cm³/mol. The van der Waals surface area contributed by atoms with Crippen molar-refractivity contribution in [2.24, 2.45) is 16.7 Å². The van der Waals surface area contributed by atoms with Gasteiger partial charge in [0.25, 0.3) is 0 Å². The Hall–Kier alpha value is -0.540. The summed E-state index contributed by atoms with van der Waals surface area (Å²) in [5, 5.41) is 13.1. The topological polar surface area (TPSA) is 41.5 Å². The minimum Gasteiger partial charge on any atom is -0.389 e. The molecule has 0 aromatic carbocycles. The molecule has 0 amide bonds. The summed E-state index contributed by atoms with van der Waals surface area (Å²) < 4.78 is 5.74. The van der Waals surface area contributed by atoms with E-state index in [0.717, 1.165) is 18.9 Å². The number of allylic oxidation sites excluding steroid dienone is 1. The summed E-state index contributed by atoms with van der Waals surface area (Å²) in [5.74, 6) is 0.722. The van der Waals surface area contributed by atoms with Crippen LogP contribution in [0.4, 0.5) is 0 Å². The molecule has 0 saturated heterocycles. The molecule has 0 rings (SSSR count). The summed E-state index contributed by atoms with van der Waals surface area (Å²) in [4.78, 5) is 0. The highest BCUT2D eigenvalue weighted by molar-refractivity contribution is 4.91. The highest BCUT2D eigenvalue weighted by atomic mass is 16.5. The van der Waals surface area contributed by atoms with Crippen LogP contribution in [0.3, 0.4) is 0 Å². The molecular weight excluding hydrogens is 358 g/mol. The van der Waals surface area contributed by atoms with Gasteiger partial charge in [-0.15, -0.1) is 0 Å². The number of aliphatic hydroxyl groups excluding tert-OH is 1. The average Bonchev–Trinajstić information content (AvgIpc) is 2.59. The smallest absolute Gasteiger partial charge is 0.0945 e. The fourth-order valence-corrected chi connectivity index (χ4v) is 4.61. The van der Waals surface area contributed by atoms with Crippen molar-refractivity contribution in [3.8, 4) is 0 Å². The molecule has 0 saturated carbocycles. The summed E-state index contributed by atoms with van der Waals surface area (Å²) in [6.07, 6.45) is 13.3. The normalized spacial score (nSPS) is 14.5. The van der Waals surface area contributed by atoms with E-state index in [1.54, 1.807) is 0 Å². The Morgan fingerprint density at radius 1 is 0.966 bits per heavy atom. The maximum atomic E-state index is 9.97. The fraction of sp³-hybridized carbons (Fsp3) is 0.923. The standard InChI is InChI=1S/C26H53NO2/c1-9-10-11-12-13-14-16-24(25(4,5)6)26(7,8)17-15-18-29-21-23(28)20-27-19-22(2)3/h19,23-24,27-28H,9-18,20-21H2,1-8H3. The number of hydrogen-bond acceptors (Lipinski definition) is 3. The van der Waals surface area contributed by atoms with Crippen LogP contribution in [0.15, 0.2) is 11.8 Å². The second kappa shape index (κ2) is 15.3. The zero-order valence-corrected chi connectivity index (χ0v) is 21.1. The summed E-state index contributed by atoms with van der Waals surface area (Å²) >= 11 is 0. The van der Waals surface area contributed by atoms with Gasteiger partial charge in [0.2, 0.25) is 0 Å². The van der Waals surface area contributed by atoms with Crippen LogP contribution in [-0.2, 0) is 4.74 Å². The Kier molecular flexibility index (Phi) is 15.0. The van der Waals surface area contributed by atoms with Crippen LogP contribution in [-0.4, -0.2) is 31.0 Å². The molecule has 0 aliphatic heterocycles. The van der Waals surface area contributed by atoms with E-state index in [-0.39, 0.29) is 0 Å². The molecule has 0 bridgehead atoms. The van der Waals surface area contributed by atoms with E-state index in [1.807, 2.05) is 20.0 Å². The van der Waals surface area contributed by atoms with Crippen LogP contribution in [0.25, 0.3) is 0 Å². The van der Waals surface area contributed by atoms with Crippen LogP contribution in [0.1, 0.15) is 113 Å². The third-order valence-electron chi connectivity index (χ3n) is 6.00. The largest absolute Gasteiger partial charge is 0.389 e. The average molecular weight is 412 g/mol. The molecule has 174 valence electrons. The van der Waals surface area contributed by atoms with Crippen LogP contribution in [0, 0.1) is 16.7 Å². The first-order chi connectivity index (χ1) is 13.5. The molecular formula is C26H53NO2. The molecule has 0 aromatic heterocycles. The fourth-order valence-electron chi connectivity index (χ4n) is 4.61. The first-order valence-electron chi connectivity index (χ1n) is 12.1. The summed E-state index contributed by atoms with van der Waals surface area (Å²) in [7, 11) is 0. The quantitative estimate of drug-likeness (QED) is 0.251. The lowest BCUT2D eigenvalue weighted by molar-refractivity contribution is 0.0230. The Labute approximate surface area is 183 Å². The van der Waals surface area contributed by atoms with Gasteiger partial charge < -0.3 is 15.2 Å². The van der Waals surface area contributed by atoms with Crippen molar-refractivity contribution in [1.82, 2.24) is 5.32 Å². The van der Waals surface area contributed by atoms with Gasteiger partial charge in [0.1, 0.15) is 0 Å². The van der Waals surface area contributed by atoms with Crippen molar-refractivity contribution in [2.45, 2.75) is 119 Å². The van der Waals surface area contributed by atoms with Crippen molar-refractivity contribution in [2.75, 3.05) is 19.8 Å². The van der Waals surface area contributed by atoms with E-state index in [0.29, 0.717) is 24.0 Å². The number of nitrogens with one attached hydrogen (secondary N) is 1. The molecule has 2 N–H and O–H groups in total. The van der Waals surface area contributed by atoms with Gasteiger partial charge in [-0.1, -0.05) is 85.6 Å². The summed E-state index contributed by atoms with van der Waals surface area (Å²) in [6, 6.07) is 0. The van der Waals surface area contributed by atoms with E-state index >= 15 is 0 Å². The molecule has 2 unspecified atom stereocenters. The van der Waals surface area contributed by atoms with E-state index in [4.69, 9.17) is 4.74 Å². The highest BCUT2D eigenvalue weighted by Gasteiger charge is 2.36. The van der Waals surface area contributed by atoms with Gasteiger partial charge in [-0.3, -0.25) is 0 Å². The molecule has 0 radical (unpaired) electrons. The van der Waals surface area contributed by atoms with Crippen molar-refractivity contribution in [1.29, 1.82) is 0 Å². The number of rotatable bonds is 17. The minimum absolute atomic E-state index is 0.314. The lowest BCUT2D eigenvalue weighted by Gasteiger charge is -2.43. The summed E-state index contributed by atoms with van der Waals surface area (Å²) in [5.41, 5.74) is 1.85. The van der Waals surface area contributed by atoms with Crippen LogP contribution in [0.5, 0.6) is 0 Å². The maximum Gasteiger partial charge on any atom is 0.0945 e. The third kappa shape index (κ3) is 15.0. The van der Waals surface area contributed by atoms with E-state index in [9.17, 15) is 5.11 Å². The van der Waals surface area contributed by atoms with Gasteiger partial charge in [0.15, 0.2) is 0 Å². The molecule has 0 aliphatic carbocycles. The first-order valence-corrected chi connectivity index (χ1v) is 12.1. The van der Waals surface area contributed by atoms with Crippen molar-refractivity contribution >= 4 is 0 Å². The second-order valence-electron chi connectivity index (χ2n) is 10.9. The highest BCUT2D eigenvalue weighted by Crippen LogP contribution is 2.46. The number of ether oxygens (including phenoxy) is 1.